The van der Waals surface area contributed by atoms with Gasteiger partial charge in [-0.3, -0.25) is 9.69 Å². The molecule has 0 radical (unpaired) electrons. The molecule has 4 heteroatoms. The Balaban J connectivity index is 1.30. The van der Waals surface area contributed by atoms with E-state index in [0.717, 1.165) is 48.9 Å². The van der Waals surface area contributed by atoms with Crippen LogP contribution in [-0.2, 0) is 13.0 Å². The molecule has 0 saturated carbocycles. The molecule has 1 aromatic heterocycles. The van der Waals surface area contributed by atoms with Crippen molar-refractivity contribution >= 4 is 28.0 Å². The Morgan fingerprint density at radius 1 is 1.04 bits per heavy atom. The van der Waals surface area contributed by atoms with Gasteiger partial charge >= 0.3 is 0 Å². The van der Waals surface area contributed by atoms with Gasteiger partial charge in [-0.05, 0) is 40.3 Å². The molecule has 0 spiro atoms. The maximum Gasteiger partial charge on any atom is 0.254 e. The van der Waals surface area contributed by atoms with Gasteiger partial charge in [0.2, 0.25) is 0 Å². The van der Waals surface area contributed by atoms with Crippen LogP contribution >= 0.6 is 11.3 Å². The number of hydrogen-bond donors (Lipinski definition) is 0. The SMILES string of the molecule is O=C(c1cccc2ccccc12)N1CC(N2CCc3sccc3C2)C1. The third kappa shape index (κ3) is 2.57. The summed E-state index contributed by atoms with van der Waals surface area (Å²) in [4.78, 5) is 19.0. The highest BCUT2D eigenvalue weighted by atomic mass is 32.1. The van der Waals surface area contributed by atoms with E-state index >= 15 is 0 Å². The molecule has 2 aromatic carbocycles. The number of carbonyl (C=O) groups excluding carboxylic acids is 1. The summed E-state index contributed by atoms with van der Waals surface area (Å²) >= 11 is 1.88. The fourth-order valence-corrected chi connectivity index (χ4v) is 4.91. The smallest absolute Gasteiger partial charge is 0.254 e. The first-order chi connectivity index (χ1) is 12.3. The van der Waals surface area contributed by atoms with E-state index in [0.29, 0.717) is 6.04 Å². The largest absolute Gasteiger partial charge is 0.335 e. The molecule has 0 aliphatic carbocycles. The first kappa shape index (κ1) is 15.1. The van der Waals surface area contributed by atoms with Crippen LogP contribution < -0.4 is 0 Å². The molecule has 1 fully saturated rings. The van der Waals surface area contributed by atoms with Crippen LogP contribution in [0, 0.1) is 0 Å². The minimum atomic E-state index is 0.168. The Morgan fingerprint density at radius 2 is 1.88 bits per heavy atom. The van der Waals surface area contributed by atoms with E-state index in [2.05, 4.69) is 28.5 Å². The summed E-state index contributed by atoms with van der Waals surface area (Å²) < 4.78 is 0. The van der Waals surface area contributed by atoms with E-state index < -0.39 is 0 Å². The average Bonchev–Trinajstić information content (AvgIpc) is 3.07. The Hall–Kier alpha value is -2.17. The van der Waals surface area contributed by atoms with Gasteiger partial charge in [-0.2, -0.15) is 0 Å². The van der Waals surface area contributed by atoms with Crippen molar-refractivity contribution in [1.29, 1.82) is 0 Å². The highest BCUT2D eigenvalue weighted by Gasteiger charge is 2.36. The Kier molecular flexibility index (Phi) is 3.61. The highest BCUT2D eigenvalue weighted by Crippen LogP contribution is 2.29. The minimum Gasteiger partial charge on any atom is -0.335 e. The summed E-state index contributed by atoms with van der Waals surface area (Å²) in [5, 5.41) is 4.39. The van der Waals surface area contributed by atoms with E-state index in [9.17, 15) is 4.79 Å². The molecule has 1 amide bonds. The Morgan fingerprint density at radius 3 is 2.80 bits per heavy atom. The van der Waals surface area contributed by atoms with Gasteiger partial charge in [0.15, 0.2) is 0 Å². The van der Waals surface area contributed by atoms with Crippen LogP contribution in [0.2, 0.25) is 0 Å². The second-order valence-corrected chi connectivity index (χ2v) is 7.98. The molecule has 126 valence electrons. The van der Waals surface area contributed by atoms with Crippen molar-refractivity contribution in [1.82, 2.24) is 9.80 Å². The maximum absolute atomic E-state index is 12.9. The van der Waals surface area contributed by atoms with Crippen LogP contribution in [0.25, 0.3) is 10.8 Å². The number of fused-ring (bicyclic) bond motifs is 2. The van der Waals surface area contributed by atoms with Gasteiger partial charge in [0.05, 0.1) is 0 Å². The van der Waals surface area contributed by atoms with Gasteiger partial charge in [-0.25, -0.2) is 0 Å². The highest BCUT2D eigenvalue weighted by molar-refractivity contribution is 7.10. The fraction of sp³-hybridized carbons (Fsp3) is 0.286. The van der Waals surface area contributed by atoms with Crippen LogP contribution in [0.4, 0.5) is 0 Å². The number of amides is 1. The molecule has 5 rings (SSSR count). The first-order valence-corrected chi connectivity index (χ1v) is 9.74. The maximum atomic E-state index is 12.9. The predicted octanol–water partition coefficient (Wildman–Crippen LogP) is 3.78. The summed E-state index contributed by atoms with van der Waals surface area (Å²) in [5.41, 5.74) is 2.31. The second kappa shape index (κ2) is 5.97. The number of likely N-dealkylation sites (tertiary alicyclic amines) is 1. The average molecular weight is 348 g/mol. The number of rotatable bonds is 2. The molecule has 2 aliphatic rings. The van der Waals surface area contributed by atoms with Crippen molar-refractivity contribution in [3.63, 3.8) is 0 Å². The second-order valence-electron chi connectivity index (χ2n) is 6.98. The lowest BCUT2D eigenvalue weighted by molar-refractivity contribution is 0.0222. The van der Waals surface area contributed by atoms with Crippen LogP contribution in [0.3, 0.4) is 0 Å². The van der Waals surface area contributed by atoms with Crippen molar-refractivity contribution in [2.24, 2.45) is 0 Å². The topological polar surface area (TPSA) is 23.6 Å². The van der Waals surface area contributed by atoms with Crippen LogP contribution in [0.5, 0.6) is 0 Å². The zero-order valence-electron chi connectivity index (χ0n) is 14.0. The van der Waals surface area contributed by atoms with Crippen molar-refractivity contribution < 1.29 is 4.79 Å². The summed E-state index contributed by atoms with van der Waals surface area (Å²) in [7, 11) is 0. The Bertz CT molecular complexity index is 936. The van der Waals surface area contributed by atoms with E-state index in [4.69, 9.17) is 0 Å². The van der Waals surface area contributed by atoms with E-state index in [-0.39, 0.29) is 5.91 Å². The number of thiophene rings is 1. The van der Waals surface area contributed by atoms with Gasteiger partial charge < -0.3 is 4.90 Å². The molecule has 0 unspecified atom stereocenters. The standard InChI is InChI=1S/C21H20N2OS/c24-21(19-7-3-5-15-4-1-2-6-18(15)19)23-13-17(14-23)22-10-8-20-16(12-22)9-11-25-20/h1-7,9,11,17H,8,10,12-14H2. The van der Waals surface area contributed by atoms with Crippen LogP contribution in [-0.4, -0.2) is 41.4 Å². The monoisotopic (exact) mass is 348 g/mol. The van der Waals surface area contributed by atoms with Crippen LogP contribution in [0.1, 0.15) is 20.8 Å². The molecule has 0 N–H and O–H groups in total. The van der Waals surface area contributed by atoms with Gasteiger partial charge in [-0.1, -0.05) is 36.4 Å². The lowest BCUT2D eigenvalue weighted by atomic mass is 9.99. The lowest BCUT2D eigenvalue weighted by Crippen LogP contribution is -2.61. The van der Waals surface area contributed by atoms with Gasteiger partial charge in [-0.15, -0.1) is 11.3 Å². The Labute approximate surface area is 151 Å². The molecule has 3 aromatic rings. The molecule has 0 atom stereocenters. The fourth-order valence-electron chi connectivity index (χ4n) is 4.02. The molecular formula is C21H20N2OS. The molecule has 0 bridgehead atoms. The minimum absolute atomic E-state index is 0.168. The molecule has 2 aliphatic heterocycles. The summed E-state index contributed by atoms with van der Waals surface area (Å²) in [5.74, 6) is 0.168. The summed E-state index contributed by atoms with van der Waals surface area (Å²) in [6.45, 7) is 3.86. The molecule has 3 heterocycles. The zero-order valence-corrected chi connectivity index (χ0v) is 14.8. The lowest BCUT2D eigenvalue weighted by Gasteiger charge is -2.46. The summed E-state index contributed by atoms with van der Waals surface area (Å²) in [6.07, 6.45) is 1.15. The summed E-state index contributed by atoms with van der Waals surface area (Å²) in [6, 6.07) is 16.9. The van der Waals surface area contributed by atoms with E-state index in [1.54, 1.807) is 4.88 Å². The number of nitrogens with zero attached hydrogens (tertiary/aromatic N) is 2. The normalized spacial score (nSPS) is 18.2. The van der Waals surface area contributed by atoms with Crippen molar-refractivity contribution in [2.45, 2.75) is 19.0 Å². The molecule has 1 saturated heterocycles. The predicted molar refractivity (Wildman–Crippen MR) is 102 cm³/mol. The van der Waals surface area contributed by atoms with E-state index in [1.165, 1.54) is 5.56 Å². The first-order valence-electron chi connectivity index (χ1n) is 8.86. The number of hydrogen-bond acceptors (Lipinski definition) is 3. The molecular weight excluding hydrogens is 328 g/mol. The van der Waals surface area contributed by atoms with E-state index in [1.807, 2.05) is 46.6 Å². The van der Waals surface area contributed by atoms with Crippen molar-refractivity contribution in [2.75, 3.05) is 19.6 Å². The zero-order chi connectivity index (χ0) is 16.8. The van der Waals surface area contributed by atoms with Gasteiger partial charge in [0.1, 0.15) is 0 Å². The molecule has 3 nitrogen and oxygen atoms in total. The third-order valence-electron chi connectivity index (χ3n) is 5.52. The number of benzene rings is 2. The van der Waals surface area contributed by atoms with Gasteiger partial charge in [0.25, 0.3) is 5.91 Å². The van der Waals surface area contributed by atoms with Crippen LogP contribution in [0.15, 0.2) is 53.9 Å². The quantitative estimate of drug-likeness (QED) is 0.704. The number of carbonyl (C=O) groups is 1. The molecule has 25 heavy (non-hydrogen) atoms. The van der Waals surface area contributed by atoms with Crippen molar-refractivity contribution in [3.8, 4) is 0 Å². The van der Waals surface area contributed by atoms with Crippen molar-refractivity contribution in [3.05, 3.63) is 69.9 Å². The third-order valence-corrected chi connectivity index (χ3v) is 6.55. The van der Waals surface area contributed by atoms with Gasteiger partial charge in [0, 0.05) is 42.7 Å².